The molecule has 26 heavy (non-hydrogen) atoms. The van der Waals surface area contributed by atoms with E-state index < -0.39 is 45.5 Å². The number of rotatable bonds is 5. The van der Waals surface area contributed by atoms with Gasteiger partial charge in [0.05, 0.1) is 7.11 Å². The van der Waals surface area contributed by atoms with Crippen LogP contribution >= 0.6 is 11.8 Å². The Morgan fingerprint density at radius 1 is 1.38 bits per heavy atom. The zero-order chi connectivity index (χ0) is 19.2. The van der Waals surface area contributed by atoms with Gasteiger partial charge in [-0.05, 0) is 26.0 Å². The fourth-order valence-electron chi connectivity index (χ4n) is 3.31. The molecule has 2 fully saturated rings. The van der Waals surface area contributed by atoms with Crippen LogP contribution in [-0.4, -0.2) is 61.7 Å². The summed E-state index contributed by atoms with van der Waals surface area (Å²) in [5, 5.41) is 11.6. The Hall–Kier alpha value is -2.49. The predicted octanol–water partition coefficient (Wildman–Crippen LogP) is -0.511. The number of carboxylic acid groups (broad SMARTS) is 1. The summed E-state index contributed by atoms with van der Waals surface area (Å²) in [6, 6.07) is 1.35. The third-order valence-corrected chi connectivity index (χ3v) is 6.08. The SMILES string of the molecule is COc1cccn(CC(=O)N[C@@H]2C(=O)N3[C@@H]2SC(C)(C)[C@@H]3C(=O)O)c1=O. The number of nitrogens with one attached hydrogen (secondary N) is 1. The summed E-state index contributed by atoms with van der Waals surface area (Å²) in [7, 11) is 1.36. The lowest BCUT2D eigenvalue weighted by Crippen LogP contribution is -2.70. The van der Waals surface area contributed by atoms with Crippen LogP contribution in [0.25, 0.3) is 0 Å². The van der Waals surface area contributed by atoms with Crippen LogP contribution in [0.2, 0.25) is 0 Å². The third kappa shape index (κ3) is 2.83. The number of fused-ring (bicyclic) bond motifs is 1. The maximum absolute atomic E-state index is 12.3. The number of carboxylic acids is 1. The van der Waals surface area contributed by atoms with Gasteiger partial charge in [-0.25, -0.2) is 4.79 Å². The number of carbonyl (C=O) groups is 3. The Bertz CT molecular complexity index is 836. The van der Waals surface area contributed by atoms with E-state index in [0.29, 0.717) is 0 Å². The first-order chi connectivity index (χ1) is 12.2. The van der Waals surface area contributed by atoms with Gasteiger partial charge in [-0.2, -0.15) is 0 Å². The summed E-state index contributed by atoms with van der Waals surface area (Å²) in [4.78, 5) is 49.5. The van der Waals surface area contributed by atoms with Gasteiger partial charge in [-0.3, -0.25) is 14.4 Å². The number of amides is 2. The average Bonchev–Trinajstić information content (AvgIpc) is 2.83. The van der Waals surface area contributed by atoms with E-state index in [1.165, 1.54) is 40.6 Å². The molecule has 0 saturated carbocycles. The van der Waals surface area contributed by atoms with Gasteiger partial charge in [0.25, 0.3) is 5.56 Å². The fraction of sp³-hybridized carbons (Fsp3) is 0.500. The molecule has 2 aliphatic rings. The zero-order valence-corrected chi connectivity index (χ0v) is 15.3. The fourth-order valence-corrected chi connectivity index (χ4v) is 4.94. The summed E-state index contributed by atoms with van der Waals surface area (Å²) < 4.78 is 5.45. The van der Waals surface area contributed by atoms with Crippen molar-refractivity contribution in [3.05, 3.63) is 28.7 Å². The van der Waals surface area contributed by atoms with E-state index in [4.69, 9.17) is 4.74 Å². The van der Waals surface area contributed by atoms with E-state index in [2.05, 4.69) is 5.32 Å². The second-order valence-corrected chi connectivity index (χ2v) is 8.42. The molecule has 2 saturated heterocycles. The molecule has 0 unspecified atom stereocenters. The minimum Gasteiger partial charge on any atom is -0.491 e. The van der Waals surface area contributed by atoms with Crippen LogP contribution in [0.4, 0.5) is 0 Å². The highest BCUT2D eigenvalue weighted by molar-refractivity contribution is 8.01. The molecule has 140 valence electrons. The summed E-state index contributed by atoms with van der Waals surface area (Å²) in [6.45, 7) is 3.26. The largest absolute Gasteiger partial charge is 0.491 e. The number of thioether (sulfide) groups is 1. The number of pyridine rings is 1. The molecule has 2 amide bonds. The molecule has 0 spiro atoms. The van der Waals surface area contributed by atoms with Crippen LogP contribution in [0.1, 0.15) is 13.8 Å². The first-order valence-corrected chi connectivity index (χ1v) is 8.81. The van der Waals surface area contributed by atoms with Crippen molar-refractivity contribution in [1.29, 1.82) is 0 Å². The molecule has 3 atom stereocenters. The van der Waals surface area contributed by atoms with Crippen LogP contribution in [0.5, 0.6) is 5.75 Å². The van der Waals surface area contributed by atoms with E-state index in [1.54, 1.807) is 19.9 Å². The lowest BCUT2D eigenvalue weighted by atomic mass is 9.96. The van der Waals surface area contributed by atoms with E-state index in [-0.39, 0.29) is 12.3 Å². The predicted molar refractivity (Wildman–Crippen MR) is 92.9 cm³/mol. The molecule has 3 heterocycles. The van der Waals surface area contributed by atoms with Crippen LogP contribution in [0.15, 0.2) is 23.1 Å². The van der Waals surface area contributed by atoms with Crippen molar-refractivity contribution in [2.45, 2.75) is 42.6 Å². The van der Waals surface area contributed by atoms with Crippen LogP contribution in [-0.2, 0) is 20.9 Å². The van der Waals surface area contributed by atoms with E-state index in [0.717, 1.165) is 0 Å². The van der Waals surface area contributed by atoms with Gasteiger partial charge in [-0.1, -0.05) is 0 Å². The smallest absolute Gasteiger partial charge is 0.327 e. The van der Waals surface area contributed by atoms with Crippen molar-refractivity contribution in [1.82, 2.24) is 14.8 Å². The van der Waals surface area contributed by atoms with Gasteiger partial charge < -0.3 is 24.6 Å². The number of aliphatic carboxylic acids is 1. The van der Waals surface area contributed by atoms with Crippen molar-refractivity contribution in [3.63, 3.8) is 0 Å². The highest BCUT2D eigenvalue weighted by Crippen LogP contribution is 2.50. The van der Waals surface area contributed by atoms with Crippen molar-refractivity contribution in [3.8, 4) is 5.75 Å². The van der Waals surface area contributed by atoms with Crippen molar-refractivity contribution >= 4 is 29.5 Å². The first-order valence-electron chi connectivity index (χ1n) is 7.93. The molecular weight excluding hydrogens is 362 g/mol. The summed E-state index contributed by atoms with van der Waals surface area (Å²) in [5.74, 6) is -1.88. The number of hydrogen-bond acceptors (Lipinski definition) is 6. The molecule has 9 nitrogen and oxygen atoms in total. The molecule has 0 bridgehead atoms. The molecule has 10 heteroatoms. The van der Waals surface area contributed by atoms with Crippen molar-refractivity contribution in [2.24, 2.45) is 0 Å². The number of hydrogen-bond donors (Lipinski definition) is 2. The summed E-state index contributed by atoms with van der Waals surface area (Å²) in [5.41, 5.74) is -0.450. The molecule has 1 aromatic rings. The molecule has 2 N–H and O–H groups in total. The van der Waals surface area contributed by atoms with Gasteiger partial charge in [0.15, 0.2) is 5.75 Å². The Morgan fingerprint density at radius 3 is 2.69 bits per heavy atom. The van der Waals surface area contributed by atoms with Crippen LogP contribution in [0.3, 0.4) is 0 Å². The van der Waals surface area contributed by atoms with Gasteiger partial charge in [0.1, 0.15) is 24.0 Å². The van der Waals surface area contributed by atoms with Crippen LogP contribution < -0.4 is 15.6 Å². The number of methoxy groups -OCH3 is 1. The number of carbonyl (C=O) groups excluding carboxylic acids is 2. The van der Waals surface area contributed by atoms with Gasteiger partial charge in [0, 0.05) is 10.9 Å². The Kier molecular flexibility index (Phi) is 4.47. The van der Waals surface area contributed by atoms with E-state index in [1.807, 2.05) is 0 Å². The van der Waals surface area contributed by atoms with E-state index >= 15 is 0 Å². The van der Waals surface area contributed by atoms with Gasteiger partial charge in [0.2, 0.25) is 11.8 Å². The number of nitrogens with zero attached hydrogens (tertiary/aromatic N) is 2. The monoisotopic (exact) mass is 381 g/mol. The molecule has 3 rings (SSSR count). The standard InChI is InChI=1S/C16H19N3O6S/c1-16(2)11(15(23)24)19-13(22)10(14(19)26-16)17-9(20)7-18-6-4-5-8(25-3)12(18)21/h4-6,10-11,14H,7H2,1-3H3,(H,17,20)(H,23,24)/t10-,11+,14-/m1/s1. The topological polar surface area (TPSA) is 118 Å². The van der Waals surface area contributed by atoms with Crippen molar-refractivity contribution < 1.29 is 24.2 Å². The van der Waals surface area contributed by atoms with Crippen LogP contribution in [0, 0.1) is 0 Å². The van der Waals surface area contributed by atoms with Crippen molar-refractivity contribution in [2.75, 3.05) is 7.11 Å². The quantitative estimate of drug-likeness (QED) is 0.660. The highest BCUT2D eigenvalue weighted by Gasteiger charge is 2.64. The maximum atomic E-state index is 12.3. The summed E-state index contributed by atoms with van der Waals surface area (Å²) >= 11 is 1.34. The first kappa shape index (κ1) is 18.3. The third-order valence-electron chi connectivity index (χ3n) is 4.51. The highest BCUT2D eigenvalue weighted by atomic mass is 32.2. The maximum Gasteiger partial charge on any atom is 0.327 e. The normalized spacial score (nSPS) is 26.0. The number of ether oxygens (including phenoxy) is 1. The Balaban J connectivity index is 1.70. The molecular formula is C16H19N3O6S. The minimum atomic E-state index is -1.06. The lowest BCUT2D eigenvalue weighted by molar-refractivity contribution is -0.161. The zero-order valence-electron chi connectivity index (χ0n) is 14.5. The molecule has 0 aromatic carbocycles. The Labute approximate surface area is 153 Å². The van der Waals surface area contributed by atoms with Gasteiger partial charge in [-0.15, -0.1) is 11.8 Å². The van der Waals surface area contributed by atoms with E-state index in [9.17, 15) is 24.3 Å². The second kappa shape index (κ2) is 6.35. The molecule has 1 aromatic heterocycles. The number of aromatic nitrogens is 1. The molecule has 2 aliphatic heterocycles. The minimum absolute atomic E-state index is 0.114. The summed E-state index contributed by atoms with van der Waals surface area (Å²) in [6.07, 6.45) is 1.45. The average molecular weight is 381 g/mol. The number of β-lactam (4-membered cyclic amide) rings is 1. The second-order valence-electron chi connectivity index (χ2n) is 6.65. The Morgan fingerprint density at radius 2 is 2.08 bits per heavy atom. The molecule has 0 aliphatic carbocycles. The van der Waals surface area contributed by atoms with Gasteiger partial charge >= 0.3 is 5.97 Å². The molecule has 0 radical (unpaired) electrons. The lowest BCUT2D eigenvalue weighted by Gasteiger charge is -2.43.